The normalized spacial score (nSPS) is 14.0. The van der Waals surface area contributed by atoms with Crippen molar-refractivity contribution in [3.8, 4) is 0 Å². The average molecular weight is 565 g/mol. The molecule has 0 bridgehead atoms. The van der Waals surface area contributed by atoms with E-state index in [4.69, 9.17) is 10.1 Å². The summed E-state index contributed by atoms with van der Waals surface area (Å²) in [5.41, 5.74) is 6.64. The molecule has 5 rings (SSSR count). The quantitative estimate of drug-likeness (QED) is 0.156. The van der Waals surface area contributed by atoms with Gasteiger partial charge in [0, 0.05) is 17.0 Å². The van der Waals surface area contributed by atoms with Gasteiger partial charge in [-0.15, -0.1) is 0 Å². The third-order valence-electron chi connectivity index (χ3n) is 7.40. The molecule has 210 valence electrons. The molecule has 0 radical (unpaired) electrons. The summed E-state index contributed by atoms with van der Waals surface area (Å²) in [5, 5.41) is 5.81. The summed E-state index contributed by atoms with van der Waals surface area (Å²) in [6.45, 7) is 7.75. The zero-order valence-corrected chi connectivity index (χ0v) is 25.3. The van der Waals surface area contributed by atoms with Crippen molar-refractivity contribution >= 4 is 45.0 Å². The van der Waals surface area contributed by atoms with Crippen molar-refractivity contribution in [3.63, 3.8) is 0 Å². The summed E-state index contributed by atoms with van der Waals surface area (Å²) >= 11 is 0. The Kier molecular flexibility index (Phi) is 8.31. The molecule has 0 spiro atoms. The van der Waals surface area contributed by atoms with E-state index in [1.54, 1.807) is 0 Å². The summed E-state index contributed by atoms with van der Waals surface area (Å²) in [5.74, 6) is 0.451. The summed E-state index contributed by atoms with van der Waals surface area (Å²) < 4.78 is 30.2. The van der Waals surface area contributed by atoms with Gasteiger partial charge in [0.15, 0.2) is 5.82 Å². The zero-order chi connectivity index (χ0) is 29.1. The number of fused-ring (bicyclic) bond motifs is 1. The first kappa shape index (κ1) is 28.6. The van der Waals surface area contributed by atoms with Gasteiger partial charge in [0.2, 0.25) is 10.0 Å². The van der Waals surface area contributed by atoms with E-state index in [0.717, 1.165) is 57.4 Å². The summed E-state index contributed by atoms with van der Waals surface area (Å²) in [7, 11) is -3.65. The van der Waals surface area contributed by atoms with Gasteiger partial charge in [0.25, 0.3) is 6.85 Å². The minimum Gasteiger partial charge on any atom is -0.299 e. The highest BCUT2D eigenvalue weighted by Crippen LogP contribution is 2.39. The highest BCUT2D eigenvalue weighted by molar-refractivity contribution is 7.93. The first-order valence-corrected chi connectivity index (χ1v) is 16.1. The van der Waals surface area contributed by atoms with Crippen molar-refractivity contribution in [1.82, 2.24) is 9.78 Å². The molecule has 1 heterocycles. The van der Waals surface area contributed by atoms with E-state index in [9.17, 15) is 8.42 Å². The molecule has 1 aliphatic carbocycles. The predicted octanol–water partition coefficient (Wildman–Crippen LogP) is 7.49. The number of hydrogen-bond donors (Lipinski definition) is 0. The highest BCUT2D eigenvalue weighted by atomic mass is 32.2. The maximum atomic E-state index is 13.4. The predicted molar refractivity (Wildman–Crippen MR) is 173 cm³/mol. The number of nitrogens with zero attached hydrogens (tertiary/aromatic N) is 4. The number of rotatable bonds is 9. The lowest BCUT2D eigenvalue weighted by atomic mass is 9.60. The monoisotopic (exact) mass is 564 g/mol. The lowest BCUT2D eigenvalue weighted by Crippen LogP contribution is -2.43. The second-order valence-corrected chi connectivity index (χ2v) is 12.9. The molecule has 0 unspecified atom stereocenters. The fourth-order valence-electron chi connectivity index (χ4n) is 5.55. The second kappa shape index (κ2) is 11.9. The minimum absolute atomic E-state index is 0.0122. The Morgan fingerprint density at radius 1 is 1.02 bits per heavy atom. The van der Waals surface area contributed by atoms with Crippen molar-refractivity contribution in [2.45, 2.75) is 52.8 Å². The molecule has 1 aliphatic rings. The van der Waals surface area contributed by atoms with E-state index in [-0.39, 0.29) is 12.9 Å². The van der Waals surface area contributed by atoms with Gasteiger partial charge >= 0.3 is 0 Å². The highest BCUT2D eigenvalue weighted by Gasteiger charge is 2.33. The Morgan fingerprint density at radius 3 is 2.32 bits per heavy atom. The molecule has 0 atom stereocenters. The van der Waals surface area contributed by atoms with Gasteiger partial charge in [-0.2, -0.15) is 5.10 Å². The van der Waals surface area contributed by atoms with Gasteiger partial charge in [-0.1, -0.05) is 97.3 Å². The van der Waals surface area contributed by atoms with Crippen LogP contribution in [0.1, 0.15) is 49.4 Å². The fraction of sp³-hybridized carbons (Fsp3) is 0.273. The molecule has 0 saturated heterocycles. The molecule has 6 nitrogen and oxygen atoms in total. The van der Waals surface area contributed by atoms with Crippen molar-refractivity contribution in [2.24, 2.45) is 4.99 Å². The largest absolute Gasteiger partial charge is 0.299 e. The molecule has 8 heteroatoms. The number of aryl methyl sites for hydroxylation is 1. The van der Waals surface area contributed by atoms with Crippen LogP contribution < -0.4 is 4.22 Å². The van der Waals surface area contributed by atoms with Gasteiger partial charge in [-0.3, -0.25) is 8.90 Å². The van der Waals surface area contributed by atoms with Gasteiger partial charge in [-0.25, -0.2) is 13.4 Å². The van der Waals surface area contributed by atoms with Crippen LogP contribution in [0.3, 0.4) is 0 Å². The Balaban J connectivity index is 1.74. The maximum absolute atomic E-state index is 13.4. The number of aromatic nitrogens is 2. The van der Waals surface area contributed by atoms with Gasteiger partial charge in [-0.05, 0) is 57.1 Å². The summed E-state index contributed by atoms with van der Waals surface area (Å²) in [6.07, 6.45) is 10.4. The third kappa shape index (κ3) is 6.08. The van der Waals surface area contributed by atoms with Crippen LogP contribution >= 0.6 is 0 Å². The molecule has 0 amide bonds. The van der Waals surface area contributed by atoms with E-state index in [0.29, 0.717) is 12.1 Å². The van der Waals surface area contributed by atoms with Crippen LogP contribution in [0.25, 0.3) is 10.9 Å². The Bertz CT molecular complexity index is 1740. The Hall–Kier alpha value is -3.91. The molecular weight excluding hydrogens is 527 g/mol. The standard InChI is InChI=1S/C33H37BN4O2S/c1-24(2)37-32-29(35-31(27-17-11-7-12-18-27)28-19-13-8-14-20-28)22-21-25(3)30(32)33(36-37)38(41(5,39)40)34(4)23-26-15-9-6-10-16-26/h6-7,9-13,15-22,24H,8,14,23H2,1-5H3/b35-31-. The number of hydrogen-bond acceptors (Lipinski definition) is 4. The molecule has 1 aromatic heterocycles. The number of allylic oxidation sites excluding steroid dienone is 4. The van der Waals surface area contributed by atoms with E-state index in [1.807, 2.05) is 79.1 Å². The average Bonchev–Trinajstić information content (AvgIpc) is 3.35. The van der Waals surface area contributed by atoms with Crippen LogP contribution in [0.15, 0.2) is 102 Å². The Labute approximate surface area is 244 Å². The fourth-order valence-corrected chi connectivity index (χ4v) is 6.72. The molecule has 3 aromatic carbocycles. The van der Waals surface area contributed by atoms with Crippen LogP contribution in [-0.2, 0) is 16.3 Å². The number of anilines is 1. The van der Waals surface area contributed by atoms with Crippen molar-refractivity contribution in [3.05, 3.63) is 113 Å². The smallest absolute Gasteiger partial charge is 0.277 e. The second-order valence-electron chi connectivity index (χ2n) is 11.1. The topological polar surface area (TPSA) is 67.6 Å². The van der Waals surface area contributed by atoms with Gasteiger partial charge in [0.1, 0.15) is 0 Å². The van der Waals surface area contributed by atoms with Crippen LogP contribution in [-0.4, -0.2) is 37.0 Å². The lowest BCUT2D eigenvalue weighted by Gasteiger charge is -2.26. The SMILES string of the molecule is CB(Cc1ccccc1)N(c1nn(C(C)C)c2c(/N=C(\C3=CCCC=C3)c3ccccc3)ccc(C)c12)S(C)(=O)=O. The first-order valence-electron chi connectivity index (χ1n) is 14.2. The van der Waals surface area contributed by atoms with E-state index < -0.39 is 10.0 Å². The molecule has 4 aromatic rings. The number of sulfonamides is 1. The van der Waals surface area contributed by atoms with Crippen molar-refractivity contribution < 1.29 is 8.42 Å². The van der Waals surface area contributed by atoms with Crippen molar-refractivity contribution in [2.75, 3.05) is 10.5 Å². The molecule has 41 heavy (non-hydrogen) atoms. The molecule has 0 N–H and O–H groups in total. The van der Waals surface area contributed by atoms with E-state index in [2.05, 4.69) is 44.2 Å². The molecular formula is C33H37BN4O2S. The van der Waals surface area contributed by atoms with Crippen LogP contribution in [0, 0.1) is 6.92 Å². The molecule has 0 aliphatic heterocycles. The lowest BCUT2D eigenvalue weighted by molar-refractivity contribution is 0.551. The number of benzene rings is 3. The van der Waals surface area contributed by atoms with E-state index in [1.165, 1.54) is 10.5 Å². The Morgan fingerprint density at radius 2 is 1.71 bits per heavy atom. The number of aliphatic imine (C=N–C) groups is 1. The molecule has 0 fully saturated rings. The van der Waals surface area contributed by atoms with Crippen LogP contribution in [0.5, 0.6) is 0 Å². The van der Waals surface area contributed by atoms with Gasteiger partial charge < -0.3 is 0 Å². The van der Waals surface area contributed by atoms with Crippen LogP contribution in [0.4, 0.5) is 11.5 Å². The summed E-state index contributed by atoms with van der Waals surface area (Å²) in [4.78, 5) is 5.28. The van der Waals surface area contributed by atoms with Gasteiger partial charge in [0.05, 0.1) is 23.2 Å². The van der Waals surface area contributed by atoms with E-state index >= 15 is 0 Å². The molecule has 0 saturated carbocycles. The first-order chi connectivity index (χ1) is 19.6. The minimum atomic E-state index is -3.65. The van der Waals surface area contributed by atoms with Crippen molar-refractivity contribution in [1.29, 1.82) is 0 Å². The summed E-state index contributed by atoms with van der Waals surface area (Å²) in [6, 6.07) is 24.2. The third-order valence-corrected chi connectivity index (χ3v) is 8.64. The maximum Gasteiger partial charge on any atom is 0.277 e. The van der Waals surface area contributed by atoms with Crippen LogP contribution in [0.2, 0.25) is 6.82 Å². The zero-order valence-electron chi connectivity index (χ0n) is 24.4.